The Kier molecular flexibility index (Phi) is 4.13. The second-order valence-corrected chi connectivity index (χ2v) is 5.41. The van der Waals surface area contributed by atoms with Gasteiger partial charge in [-0.05, 0) is 18.2 Å². The molecule has 1 N–H and O–H groups in total. The molecule has 0 radical (unpaired) electrons. The Hall–Kier alpha value is -4.32. The summed E-state index contributed by atoms with van der Waals surface area (Å²) in [6, 6.07) is 10.3. The topological polar surface area (TPSA) is 118 Å². The molecule has 0 atom stereocenters. The molecule has 9 heteroatoms. The smallest absolute Gasteiger partial charge is 0.260 e. The highest BCUT2D eigenvalue weighted by Crippen LogP contribution is 2.24. The lowest BCUT2D eigenvalue weighted by Crippen LogP contribution is -2.14. The number of ether oxygens (including phenoxy) is 1. The predicted molar refractivity (Wildman–Crippen MR) is 94.2 cm³/mol. The minimum Gasteiger partial charge on any atom is -0.454 e. The molecular formula is C18H11N7O2. The Labute approximate surface area is 152 Å². The van der Waals surface area contributed by atoms with Gasteiger partial charge in [0.15, 0.2) is 5.65 Å². The zero-order valence-corrected chi connectivity index (χ0v) is 13.8. The van der Waals surface area contributed by atoms with E-state index in [1.54, 1.807) is 42.7 Å². The van der Waals surface area contributed by atoms with Gasteiger partial charge in [-0.25, -0.2) is 14.5 Å². The van der Waals surface area contributed by atoms with Gasteiger partial charge in [0.05, 0.1) is 23.5 Å². The summed E-state index contributed by atoms with van der Waals surface area (Å²) in [5.41, 5.74) is 1.00. The van der Waals surface area contributed by atoms with Crippen LogP contribution in [0, 0.1) is 11.3 Å². The highest BCUT2D eigenvalue weighted by atomic mass is 16.5. The number of aromatic nitrogens is 5. The van der Waals surface area contributed by atoms with Crippen LogP contribution in [0.3, 0.4) is 0 Å². The summed E-state index contributed by atoms with van der Waals surface area (Å²) in [5.74, 6) is 0.721. The number of nitrogens with one attached hydrogen (secondary N) is 1. The van der Waals surface area contributed by atoms with E-state index in [0.29, 0.717) is 28.5 Å². The first-order valence-electron chi connectivity index (χ1n) is 7.82. The second kappa shape index (κ2) is 6.89. The van der Waals surface area contributed by atoms with E-state index in [9.17, 15) is 4.79 Å². The number of fused-ring (bicyclic) bond motifs is 1. The predicted octanol–water partition coefficient (Wildman–Crippen LogP) is 2.44. The van der Waals surface area contributed by atoms with Crippen molar-refractivity contribution in [1.29, 1.82) is 5.26 Å². The van der Waals surface area contributed by atoms with Crippen LogP contribution in [0.25, 0.3) is 5.65 Å². The fourth-order valence-corrected chi connectivity index (χ4v) is 2.42. The van der Waals surface area contributed by atoms with Crippen molar-refractivity contribution >= 4 is 17.4 Å². The van der Waals surface area contributed by atoms with E-state index in [1.807, 2.05) is 6.07 Å². The normalized spacial score (nSPS) is 10.3. The number of carbonyl (C=O) groups excluding carboxylic acids is 1. The number of hydrogen-bond donors (Lipinski definition) is 1. The number of carbonyl (C=O) groups is 1. The van der Waals surface area contributed by atoms with Crippen LogP contribution in [0.5, 0.6) is 11.5 Å². The molecule has 0 fully saturated rings. The summed E-state index contributed by atoms with van der Waals surface area (Å²) in [6.45, 7) is 0. The lowest BCUT2D eigenvalue weighted by atomic mass is 10.2. The van der Waals surface area contributed by atoms with Gasteiger partial charge in [-0.15, -0.1) is 0 Å². The molecule has 0 aliphatic carbocycles. The number of hydrogen-bond acceptors (Lipinski definition) is 7. The van der Waals surface area contributed by atoms with Gasteiger partial charge >= 0.3 is 0 Å². The van der Waals surface area contributed by atoms with Crippen LogP contribution < -0.4 is 10.1 Å². The Balaban J connectivity index is 1.69. The Morgan fingerprint density at radius 3 is 2.93 bits per heavy atom. The highest BCUT2D eigenvalue weighted by Gasteiger charge is 2.16. The Morgan fingerprint density at radius 1 is 1.19 bits per heavy atom. The van der Waals surface area contributed by atoms with Gasteiger partial charge in [0.1, 0.15) is 29.7 Å². The van der Waals surface area contributed by atoms with Crippen LogP contribution in [0.1, 0.15) is 15.9 Å². The molecule has 27 heavy (non-hydrogen) atoms. The monoisotopic (exact) mass is 357 g/mol. The SMILES string of the molecule is N#Cc1cncc(Oc2cc(C(=O)Nc3ccccn3)c3ncnn3c2)c1. The highest BCUT2D eigenvalue weighted by molar-refractivity contribution is 6.08. The molecule has 0 aliphatic rings. The molecule has 4 aromatic rings. The van der Waals surface area contributed by atoms with Crippen molar-refractivity contribution < 1.29 is 9.53 Å². The summed E-state index contributed by atoms with van der Waals surface area (Å²) in [7, 11) is 0. The fourth-order valence-electron chi connectivity index (χ4n) is 2.42. The largest absolute Gasteiger partial charge is 0.454 e. The van der Waals surface area contributed by atoms with E-state index in [-0.39, 0.29) is 5.56 Å². The van der Waals surface area contributed by atoms with E-state index in [2.05, 4.69) is 25.4 Å². The van der Waals surface area contributed by atoms with Crippen LogP contribution in [-0.4, -0.2) is 30.5 Å². The zero-order valence-electron chi connectivity index (χ0n) is 13.8. The van der Waals surface area contributed by atoms with E-state index in [4.69, 9.17) is 10.00 Å². The third-order valence-electron chi connectivity index (χ3n) is 3.58. The number of rotatable bonds is 4. The van der Waals surface area contributed by atoms with Crippen molar-refractivity contribution in [2.24, 2.45) is 0 Å². The molecule has 0 aliphatic heterocycles. The molecule has 0 bridgehead atoms. The van der Waals surface area contributed by atoms with Crippen LogP contribution in [0.2, 0.25) is 0 Å². The summed E-state index contributed by atoms with van der Waals surface area (Å²) in [4.78, 5) is 24.8. The molecule has 4 aromatic heterocycles. The van der Waals surface area contributed by atoms with Crippen LogP contribution in [-0.2, 0) is 0 Å². The average molecular weight is 357 g/mol. The van der Waals surface area contributed by atoms with Gasteiger partial charge in [0, 0.05) is 18.5 Å². The number of anilines is 1. The quantitative estimate of drug-likeness (QED) is 0.596. The lowest BCUT2D eigenvalue weighted by Gasteiger charge is -2.09. The third-order valence-corrected chi connectivity index (χ3v) is 3.58. The van der Waals surface area contributed by atoms with E-state index in [0.717, 1.165) is 0 Å². The molecule has 0 spiro atoms. The molecule has 0 unspecified atom stereocenters. The van der Waals surface area contributed by atoms with Crippen molar-refractivity contribution in [2.75, 3.05) is 5.32 Å². The van der Waals surface area contributed by atoms with Crippen molar-refractivity contribution in [3.05, 3.63) is 72.6 Å². The molecular weight excluding hydrogens is 346 g/mol. The van der Waals surface area contributed by atoms with Gasteiger partial charge in [-0.3, -0.25) is 9.78 Å². The van der Waals surface area contributed by atoms with Crippen molar-refractivity contribution in [2.45, 2.75) is 0 Å². The molecule has 0 saturated heterocycles. The standard InChI is InChI=1S/C18H11N7O2/c19-7-12-5-13(9-20-8-12)27-14-6-15(17-22-11-23-25(17)10-14)18(26)24-16-3-1-2-4-21-16/h1-6,8-11H,(H,21,24,26). The minimum atomic E-state index is -0.402. The molecule has 0 saturated carbocycles. The van der Waals surface area contributed by atoms with Gasteiger partial charge in [-0.1, -0.05) is 6.07 Å². The number of nitrogens with zero attached hydrogens (tertiary/aromatic N) is 6. The first-order chi connectivity index (χ1) is 13.2. The maximum Gasteiger partial charge on any atom is 0.260 e. The summed E-state index contributed by atoms with van der Waals surface area (Å²) in [5, 5.41) is 15.7. The van der Waals surface area contributed by atoms with Crippen LogP contribution in [0.4, 0.5) is 5.82 Å². The zero-order chi connectivity index (χ0) is 18.6. The molecule has 9 nitrogen and oxygen atoms in total. The van der Waals surface area contributed by atoms with Crippen molar-refractivity contribution in [1.82, 2.24) is 24.6 Å². The molecule has 1 amide bonds. The first kappa shape index (κ1) is 16.2. The molecule has 4 rings (SSSR count). The minimum absolute atomic E-state index is 0.264. The average Bonchev–Trinajstić information content (AvgIpc) is 3.17. The Morgan fingerprint density at radius 2 is 2.11 bits per heavy atom. The van der Waals surface area contributed by atoms with E-state index >= 15 is 0 Å². The summed E-state index contributed by atoms with van der Waals surface area (Å²) in [6.07, 6.45) is 7.41. The van der Waals surface area contributed by atoms with E-state index in [1.165, 1.54) is 23.2 Å². The maximum atomic E-state index is 12.7. The van der Waals surface area contributed by atoms with Gasteiger partial charge in [0.25, 0.3) is 5.91 Å². The van der Waals surface area contributed by atoms with Gasteiger partial charge < -0.3 is 10.1 Å². The van der Waals surface area contributed by atoms with Crippen LogP contribution in [0.15, 0.2) is 61.4 Å². The second-order valence-electron chi connectivity index (χ2n) is 5.41. The van der Waals surface area contributed by atoms with Gasteiger partial charge in [-0.2, -0.15) is 10.4 Å². The van der Waals surface area contributed by atoms with E-state index < -0.39 is 5.91 Å². The lowest BCUT2D eigenvalue weighted by molar-refractivity contribution is 0.102. The maximum absolute atomic E-state index is 12.7. The first-order valence-corrected chi connectivity index (χ1v) is 7.82. The molecule has 130 valence electrons. The molecule has 4 heterocycles. The molecule has 0 aromatic carbocycles. The van der Waals surface area contributed by atoms with Crippen molar-refractivity contribution in [3.8, 4) is 17.6 Å². The summed E-state index contributed by atoms with van der Waals surface area (Å²) < 4.78 is 7.18. The fraction of sp³-hybridized carbons (Fsp3) is 0. The van der Waals surface area contributed by atoms with Gasteiger partial charge in [0.2, 0.25) is 0 Å². The Bertz CT molecular complexity index is 1170. The number of pyridine rings is 3. The number of nitriles is 1. The van der Waals surface area contributed by atoms with Crippen molar-refractivity contribution in [3.63, 3.8) is 0 Å². The third kappa shape index (κ3) is 3.40. The summed E-state index contributed by atoms with van der Waals surface area (Å²) >= 11 is 0. The number of amides is 1. The van der Waals surface area contributed by atoms with Crippen LogP contribution >= 0.6 is 0 Å².